The highest BCUT2D eigenvalue weighted by Crippen LogP contribution is 2.17. The van der Waals surface area contributed by atoms with Crippen LogP contribution in [-0.4, -0.2) is 14.2 Å². The molecule has 0 amide bonds. The molecule has 0 saturated heterocycles. The summed E-state index contributed by atoms with van der Waals surface area (Å²) in [6.07, 6.45) is 2.42. The Kier molecular flexibility index (Phi) is 4.74. The summed E-state index contributed by atoms with van der Waals surface area (Å²) < 4.78 is 24.7. The van der Waals surface area contributed by atoms with Crippen molar-refractivity contribution in [1.82, 2.24) is 0 Å². The van der Waals surface area contributed by atoms with Crippen molar-refractivity contribution in [1.29, 1.82) is 0 Å². The van der Waals surface area contributed by atoms with Gasteiger partial charge in [-0.25, -0.2) is 8.42 Å². The molecule has 0 N–H and O–H groups in total. The number of hydrogen-bond acceptors (Lipinski definition) is 2. The van der Waals surface area contributed by atoms with Crippen LogP contribution in [0, 0.1) is 5.92 Å². The number of sulfone groups is 1. The number of hydrogen-bond donors (Lipinski definition) is 0. The van der Waals surface area contributed by atoms with Gasteiger partial charge in [0.25, 0.3) is 0 Å². The van der Waals surface area contributed by atoms with Gasteiger partial charge in [0, 0.05) is 0 Å². The maximum Gasteiger partial charge on any atom is 0.178 e. The fraction of sp³-hybridized carbons (Fsp3) is 0.176. The molecule has 0 aliphatic heterocycles. The second-order valence-electron chi connectivity index (χ2n) is 4.78. The van der Waals surface area contributed by atoms with E-state index in [0.717, 1.165) is 5.56 Å². The summed E-state index contributed by atoms with van der Waals surface area (Å²) in [7, 11) is -3.26. The minimum Gasteiger partial charge on any atom is -0.224 e. The van der Waals surface area contributed by atoms with E-state index in [4.69, 9.17) is 0 Å². The summed E-state index contributed by atoms with van der Waals surface area (Å²) >= 11 is 0. The average molecular weight is 286 g/mol. The van der Waals surface area contributed by atoms with Gasteiger partial charge in [-0.2, -0.15) is 0 Å². The molecule has 2 aromatic carbocycles. The molecule has 0 saturated carbocycles. The van der Waals surface area contributed by atoms with E-state index in [1.54, 1.807) is 30.3 Å². The molecular weight excluding hydrogens is 268 g/mol. The zero-order valence-electron chi connectivity index (χ0n) is 11.3. The van der Waals surface area contributed by atoms with Crippen molar-refractivity contribution in [2.24, 2.45) is 5.92 Å². The third-order valence-electron chi connectivity index (χ3n) is 3.21. The maximum absolute atomic E-state index is 12.3. The molecule has 104 valence electrons. The van der Waals surface area contributed by atoms with Gasteiger partial charge in [0.1, 0.15) is 0 Å². The second kappa shape index (κ2) is 6.53. The summed E-state index contributed by atoms with van der Waals surface area (Å²) in [5.41, 5.74) is 1.13. The van der Waals surface area contributed by atoms with Crippen molar-refractivity contribution >= 4 is 9.84 Å². The lowest BCUT2D eigenvalue weighted by atomic mass is 10.0. The van der Waals surface area contributed by atoms with Gasteiger partial charge >= 0.3 is 0 Å². The number of rotatable bonds is 6. The summed E-state index contributed by atoms with van der Waals surface area (Å²) in [4.78, 5) is 0.375. The van der Waals surface area contributed by atoms with Gasteiger partial charge < -0.3 is 0 Å². The highest BCUT2D eigenvalue weighted by atomic mass is 32.2. The predicted molar refractivity (Wildman–Crippen MR) is 82.3 cm³/mol. The molecule has 0 aliphatic rings. The predicted octanol–water partition coefficient (Wildman–Crippen LogP) is 3.51. The van der Waals surface area contributed by atoms with Crippen molar-refractivity contribution < 1.29 is 8.42 Å². The Morgan fingerprint density at radius 3 is 2.05 bits per heavy atom. The van der Waals surface area contributed by atoms with Gasteiger partial charge in [-0.05, 0) is 30.0 Å². The standard InChI is InChI=1S/C17H18O2S/c1-2-15(13-16-9-5-3-6-10-16)14-20(18,19)17-11-7-4-8-12-17/h2-12,15H,1,13-14H2/t15-/m1/s1. The Labute approximate surface area is 120 Å². The van der Waals surface area contributed by atoms with Crippen LogP contribution in [0.15, 0.2) is 78.2 Å². The summed E-state index contributed by atoms with van der Waals surface area (Å²) in [6.45, 7) is 3.77. The molecule has 0 spiro atoms. The molecule has 0 bridgehead atoms. The molecule has 2 aromatic rings. The fourth-order valence-electron chi connectivity index (χ4n) is 2.13. The molecular formula is C17H18O2S. The van der Waals surface area contributed by atoms with Crippen molar-refractivity contribution in [2.75, 3.05) is 5.75 Å². The van der Waals surface area contributed by atoms with Crippen LogP contribution >= 0.6 is 0 Å². The highest BCUT2D eigenvalue weighted by Gasteiger charge is 2.19. The van der Waals surface area contributed by atoms with Gasteiger partial charge in [0.05, 0.1) is 10.6 Å². The summed E-state index contributed by atoms with van der Waals surface area (Å²) in [5.74, 6) is 0.0117. The fourth-order valence-corrected chi connectivity index (χ4v) is 3.71. The zero-order chi connectivity index (χ0) is 14.4. The van der Waals surface area contributed by atoms with Gasteiger partial charge in [-0.3, -0.25) is 0 Å². The summed E-state index contributed by atoms with van der Waals surface area (Å²) in [6, 6.07) is 18.5. The van der Waals surface area contributed by atoms with Crippen LogP contribution in [0.5, 0.6) is 0 Å². The quantitative estimate of drug-likeness (QED) is 0.762. The molecule has 0 heterocycles. The third kappa shape index (κ3) is 3.81. The highest BCUT2D eigenvalue weighted by molar-refractivity contribution is 7.91. The van der Waals surface area contributed by atoms with Crippen LogP contribution in [0.1, 0.15) is 5.56 Å². The SMILES string of the molecule is C=C[C@H](Cc1ccccc1)CS(=O)(=O)c1ccccc1. The van der Waals surface area contributed by atoms with E-state index in [9.17, 15) is 8.42 Å². The minimum atomic E-state index is -3.26. The second-order valence-corrected chi connectivity index (χ2v) is 6.81. The number of benzene rings is 2. The van der Waals surface area contributed by atoms with E-state index in [-0.39, 0.29) is 11.7 Å². The third-order valence-corrected chi connectivity index (χ3v) is 5.07. The largest absolute Gasteiger partial charge is 0.224 e. The van der Waals surface area contributed by atoms with E-state index in [2.05, 4.69) is 6.58 Å². The molecule has 2 rings (SSSR count). The summed E-state index contributed by atoms with van der Waals surface area (Å²) in [5, 5.41) is 0. The number of allylic oxidation sites excluding steroid dienone is 1. The van der Waals surface area contributed by atoms with Gasteiger partial charge in [0.2, 0.25) is 0 Å². The molecule has 2 nitrogen and oxygen atoms in total. The van der Waals surface area contributed by atoms with E-state index in [0.29, 0.717) is 11.3 Å². The first-order valence-electron chi connectivity index (χ1n) is 6.56. The maximum atomic E-state index is 12.3. The van der Waals surface area contributed by atoms with Crippen molar-refractivity contribution in [2.45, 2.75) is 11.3 Å². The first kappa shape index (κ1) is 14.5. The van der Waals surface area contributed by atoms with Crippen LogP contribution in [0.2, 0.25) is 0 Å². The van der Waals surface area contributed by atoms with Gasteiger partial charge in [-0.15, -0.1) is 6.58 Å². The lowest BCUT2D eigenvalue weighted by molar-refractivity contribution is 0.582. The van der Waals surface area contributed by atoms with Crippen molar-refractivity contribution in [3.63, 3.8) is 0 Å². The average Bonchev–Trinajstić information content (AvgIpc) is 2.48. The van der Waals surface area contributed by atoms with Crippen LogP contribution in [0.25, 0.3) is 0 Å². The Hall–Kier alpha value is -1.87. The minimum absolute atomic E-state index is 0.0809. The lowest BCUT2D eigenvalue weighted by Crippen LogP contribution is -2.16. The first-order chi connectivity index (χ1) is 9.62. The van der Waals surface area contributed by atoms with Gasteiger partial charge in [0.15, 0.2) is 9.84 Å². The molecule has 3 heteroatoms. The first-order valence-corrected chi connectivity index (χ1v) is 8.21. The van der Waals surface area contributed by atoms with Crippen LogP contribution in [-0.2, 0) is 16.3 Å². The Bertz CT molecular complexity index is 646. The molecule has 0 fully saturated rings. The topological polar surface area (TPSA) is 34.1 Å². The zero-order valence-corrected chi connectivity index (χ0v) is 12.1. The van der Waals surface area contributed by atoms with E-state index >= 15 is 0 Å². The normalized spacial score (nSPS) is 12.8. The van der Waals surface area contributed by atoms with E-state index < -0.39 is 9.84 Å². The van der Waals surface area contributed by atoms with Crippen molar-refractivity contribution in [3.05, 3.63) is 78.9 Å². The molecule has 0 unspecified atom stereocenters. The van der Waals surface area contributed by atoms with Crippen LogP contribution in [0.4, 0.5) is 0 Å². The molecule has 0 aliphatic carbocycles. The monoisotopic (exact) mass is 286 g/mol. The lowest BCUT2D eigenvalue weighted by Gasteiger charge is -2.13. The molecule has 0 radical (unpaired) electrons. The Morgan fingerprint density at radius 2 is 1.50 bits per heavy atom. The van der Waals surface area contributed by atoms with Crippen LogP contribution in [0.3, 0.4) is 0 Å². The molecule has 1 atom stereocenters. The van der Waals surface area contributed by atoms with Gasteiger partial charge in [-0.1, -0.05) is 54.6 Å². The van der Waals surface area contributed by atoms with E-state index in [1.165, 1.54) is 0 Å². The van der Waals surface area contributed by atoms with Crippen LogP contribution < -0.4 is 0 Å². The Morgan fingerprint density at radius 1 is 0.950 bits per heavy atom. The molecule has 20 heavy (non-hydrogen) atoms. The Balaban J connectivity index is 2.12. The van der Waals surface area contributed by atoms with Crippen molar-refractivity contribution in [3.8, 4) is 0 Å². The molecule has 0 aromatic heterocycles. The van der Waals surface area contributed by atoms with E-state index in [1.807, 2.05) is 36.4 Å². The smallest absolute Gasteiger partial charge is 0.178 e.